The quantitative estimate of drug-likeness (QED) is 0.241. The number of guanidine groups is 1. The van der Waals surface area contributed by atoms with Crippen molar-refractivity contribution in [3.05, 3.63) is 35.9 Å². The molecule has 29 heavy (non-hydrogen) atoms. The van der Waals surface area contributed by atoms with E-state index < -0.39 is 0 Å². The number of β-amino-alcohol motifs (C(OH)–C–C–N with tert-alkyl or cyclic N) is 1. The van der Waals surface area contributed by atoms with Gasteiger partial charge in [0.2, 0.25) is 0 Å². The van der Waals surface area contributed by atoms with Gasteiger partial charge in [0.1, 0.15) is 0 Å². The SMILES string of the molecule is CCNC(=NCCCCN1CCN(Cc2ccccc2)CC1)N1CC[C@@H](O)C1.I. The van der Waals surface area contributed by atoms with Crippen LogP contribution in [0.4, 0.5) is 0 Å². The van der Waals surface area contributed by atoms with Crippen molar-refractivity contribution < 1.29 is 5.11 Å². The highest BCUT2D eigenvalue weighted by atomic mass is 127. The molecule has 2 N–H and O–H groups in total. The van der Waals surface area contributed by atoms with E-state index in [0.29, 0.717) is 6.54 Å². The third-order valence-electron chi connectivity index (χ3n) is 5.66. The van der Waals surface area contributed by atoms with Crippen molar-refractivity contribution in [2.45, 2.75) is 38.8 Å². The van der Waals surface area contributed by atoms with Crippen molar-refractivity contribution in [3.8, 4) is 0 Å². The van der Waals surface area contributed by atoms with Crippen LogP contribution in [0.25, 0.3) is 0 Å². The van der Waals surface area contributed by atoms with Gasteiger partial charge in [0.05, 0.1) is 6.10 Å². The van der Waals surface area contributed by atoms with Gasteiger partial charge in [-0.15, -0.1) is 24.0 Å². The third-order valence-corrected chi connectivity index (χ3v) is 5.66. The summed E-state index contributed by atoms with van der Waals surface area (Å²) in [6, 6.07) is 10.8. The number of halogens is 1. The molecule has 2 heterocycles. The molecule has 164 valence electrons. The minimum Gasteiger partial charge on any atom is -0.391 e. The molecule has 0 amide bonds. The molecule has 1 aromatic carbocycles. The maximum absolute atomic E-state index is 9.74. The average molecular weight is 515 g/mol. The first kappa shape index (κ1) is 24.4. The van der Waals surface area contributed by atoms with E-state index >= 15 is 0 Å². The zero-order chi connectivity index (χ0) is 19.6. The van der Waals surface area contributed by atoms with Gasteiger partial charge in [-0.1, -0.05) is 30.3 Å². The molecule has 3 rings (SSSR count). The molecule has 0 radical (unpaired) electrons. The number of hydrogen-bond donors (Lipinski definition) is 2. The molecule has 2 aliphatic rings. The van der Waals surface area contributed by atoms with Gasteiger partial charge in [-0.25, -0.2) is 0 Å². The van der Waals surface area contributed by atoms with E-state index in [1.165, 1.54) is 31.6 Å². The number of piperazine rings is 1. The molecule has 0 aromatic heterocycles. The molecule has 1 aromatic rings. The number of aliphatic hydroxyl groups is 1. The van der Waals surface area contributed by atoms with E-state index in [-0.39, 0.29) is 30.1 Å². The maximum Gasteiger partial charge on any atom is 0.194 e. The van der Waals surface area contributed by atoms with Crippen LogP contribution in [0.2, 0.25) is 0 Å². The number of unbranched alkanes of at least 4 members (excludes halogenated alkanes) is 1. The van der Waals surface area contributed by atoms with E-state index in [1.54, 1.807) is 0 Å². The molecule has 0 saturated carbocycles. The molecule has 0 spiro atoms. The normalized spacial score (nSPS) is 21.2. The first-order valence-corrected chi connectivity index (χ1v) is 10.9. The maximum atomic E-state index is 9.74. The molecule has 0 unspecified atom stereocenters. The average Bonchev–Trinajstić information content (AvgIpc) is 3.15. The Morgan fingerprint density at radius 3 is 2.45 bits per heavy atom. The van der Waals surface area contributed by atoms with Crippen molar-refractivity contribution in [1.29, 1.82) is 0 Å². The smallest absolute Gasteiger partial charge is 0.194 e. The lowest BCUT2D eigenvalue weighted by atomic mass is 10.2. The standard InChI is InChI=1S/C22H37N5O.HI/c1-2-23-22(27-13-10-21(28)19-27)24-11-6-7-12-25-14-16-26(17-15-25)18-20-8-4-3-5-9-20;/h3-5,8-9,21,28H,2,6-7,10-19H2,1H3,(H,23,24);1H/t21-;/m1./s1. The summed E-state index contributed by atoms with van der Waals surface area (Å²) in [5, 5.41) is 13.1. The second-order valence-electron chi connectivity index (χ2n) is 7.93. The number of hydrogen-bond acceptors (Lipinski definition) is 4. The minimum absolute atomic E-state index is 0. The van der Waals surface area contributed by atoms with Gasteiger partial charge in [-0.2, -0.15) is 0 Å². The molecule has 0 aliphatic carbocycles. The number of rotatable bonds is 8. The number of nitrogens with one attached hydrogen (secondary N) is 1. The summed E-state index contributed by atoms with van der Waals surface area (Å²) in [4.78, 5) is 12.1. The lowest BCUT2D eigenvalue weighted by molar-refractivity contribution is 0.126. The van der Waals surface area contributed by atoms with Gasteiger partial charge in [0.25, 0.3) is 0 Å². The number of nitrogens with zero attached hydrogens (tertiary/aromatic N) is 4. The largest absolute Gasteiger partial charge is 0.391 e. The third kappa shape index (κ3) is 8.39. The number of aliphatic hydroxyl groups excluding tert-OH is 1. The zero-order valence-electron chi connectivity index (χ0n) is 17.8. The number of likely N-dealkylation sites (tertiary alicyclic amines) is 1. The number of aliphatic imine (C=N–C) groups is 1. The fourth-order valence-electron chi connectivity index (χ4n) is 4.00. The van der Waals surface area contributed by atoms with E-state index in [2.05, 4.69) is 57.3 Å². The van der Waals surface area contributed by atoms with Crippen LogP contribution in [0.5, 0.6) is 0 Å². The molecule has 2 fully saturated rings. The first-order valence-electron chi connectivity index (χ1n) is 10.9. The summed E-state index contributed by atoms with van der Waals surface area (Å²) in [6.07, 6.45) is 2.96. The Morgan fingerprint density at radius 2 is 1.79 bits per heavy atom. The second-order valence-corrected chi connectivity index (χ2v) is 7.93. The minimum atomic E-state index is -0.204. The fourth-order valence-corrected chi connectivity index (χ4v) is 4.00. The monoisotopic (exact) mass is 515 g/mol. The summed E-state index contributed by atoms with van der Waals surface area (Å²) < 4.78 is 0. The lowest BCUT2D eigenvalue weighted by Gasteiger charge is -2.34. The zero-order valence-corrected chi connectivity index (χ0v) is 20.1. The Labute approximate surface area is 193 Å². The van der Waals surface area contributed by atoms with Gasteiger partial charge in [0, 0.05) is 58.9 Å². The summed E-state index contributed by atoms with van der Waals surface area (Å²) in [7, 11) is 0. The van der Waals surface area contributed by atoms with Crippen LogP contribution in [0.15, 0.2) is 35.3 Å². The van der Waals surface area contributed by atoms with Crippen molar-refractivity contribution in [1.82, 2.24) is 20.0 Å². The molecule has 0 bridgehead atoms. The molecule has 1 atom stereocenters. The molecule has 7 heteroatoms. The Kier molecular flexibility index (Phi) is 11.3. The predicted molar refractivity (Wildman–Crippen MR) is 131 cm³/mol. The van der Waals surface area contributed by atoms with Crippen LogP contribution < -0.4 is 5.32 Å². The van der Waals surface area contributed by atoms with Gasteiger partial charge in [-0.3, -0.25) is 9.89 Å². The molecule has 2 aliphatic heterocycles. The van der Waals surface area contributed by atoms with Crippen molar-refractivity contribution in [2.24, 2.45) is 4.99 Å². The summed E-state index contributed by atoms with van der Waals surface area (Å²) in [6.45, 7) is 12.4. The van der Waals surface area contributed by atoms with Crippen LogP contribution in [-0.4, -0.2) is 90.8 Å². The number of benzene rings is 1. The fraction of sp³-hybridized carbons (Fsp3) is 0.682. The highest BCUT2D eigenvalue weighted by molar-refractivity contribution is 14.0. The van der Waals surface area contributed by atoms with E-state index in [1.807, 2.05) is 0 Å². The molecular formula is C22H38IN5O. The summed E-state index contributed by atoms with van der Waals surface area (Å²) in [5.74, 6) is 0.966. The molecule has 6 nitrogen and oxygen atoms in total. The highest BCUT2D eigenvalue weighted by Crippen LogP contribution is 2.10. The lowest BCUT2D eigenvalue weighted by Crippen LogP contribution is -2.46. The van der Waals surface area contributed by atoms with Gasteiger partial charge < -0.3 is 20.2 Å². The van der Waals surface area contributed by atoms with Crippen LogP contribution in [0, 0.1) is 0 Å². The summed E-state index contributed by atoms with van der Waals surface area (Å²) >= 11 is 0. The van der Waals surface area contributed by atoms with E-state index in [0.717, 1.165) is 58.1 Å². The van der Waals surface area contributed by atoms with Gasteiger partial charge in [-0.05, 0) is 38.3 Å². The second kappa shape index (κ2) is 13.4. The first-order chi connectivity index (χ1) is 13.7. The molecular weight excluding hydrogens is 477 g/mol. The van der Waals surface area contributed by atoms with Crippen LogP contribution in [-0.2, 0) is 6.54 Å². The Hall–Kier alpha value is -0.900. The summed E-state index contributed by atoms with van der Waals surface area (Å²) in [5.41, 5.74) is 1.41. The Morgan fingerprint density at radius 1 is 1.07 bits per heavy atom. The highest BCUT2D eigenvalue weighted by Gasteiger charge is 2.22. The van der Waals surface area contributed by atoms with Crippen molar-refractivity contribution >= 4 is 29.9 Å². The van der Waals surface area contributed by atoms with Gasteiger partial charge >= 0.3 is 0 Å². The topological polar surface area (TPSA) is 54.3 Å². The van der Waals surface area contributed by atoms with E-state index in [9.17, 15) is 5.11 Å². The Balaban J connectivity index is 0.00000300. The van der Waals surface area contributed by atoms with Crippen LogP contribution >= 0.6 is 24.0 Å². The Bertz CT molecular complexity index is 592. The predicted octanol–water partition coefficient (Wildman–Crippen LogP) is 2.23. The van der Waals surface area contributed by atoms with Crippen molar-refractivity contribution in [3.63, 3.8) is 0 Å². The molecule has 2 saturated heterocycles. The van der Waals surface area contributed by atoms with Gasteiger partial charge in [0.15, 0.2) is 5.96 Å². The van der Waals surface area contributed by atoms with Crippen LogP contribution in [0.3, 0.4) is 0 Å². The van der Waals surface area contributed by atoms with Crippen LogP contribution in [0.1, 0.15) is 31.7 Å². The van der Waals surface area contributed by atoms with E-state index in [4.69, 9.17) is 4.99 Å². The van der Waals surface area contributed by atoms with Crippen molar-refractivity contribution in [2.75, 3.05) is 58.9 Å².